The number of Topliss-reactive ketones (excluding diaryl/α,β-unsaturated/α-hetero) is 1. The topological polar surface area (TPSA) is 266 Å². The van der Waals surface area contributed by atoms with Crippen LogP contribution in [0.5, 0.6) is 0 Å². The predicted octanol–water partition coefficient (Wildman–Crippen LogP) is 2.63. The van der Waals surface area contributed by atoms with Gasteiger partial charge in [0.2, 0.25) is 6.10 Å². The van der Waals surface area contributed by atoms with Crippen LogP contribution in [0, 0.1) is 22.2 Å². The first kappa shape index (κ1) is 47.4. The van der Waals surface area contributed by atoms with Crippen molar-refractivity contribution in [3.05, 3.63) is 47.0 Å². The fraction of sp³-hybridized carbons (Fsp3) is 0.659. The fourth-order valence-electron chi connectivity index (χ4n) is 10.2. The normalized spacial score (nSPS) is 36.4. The Balaban J connectivity index is 1.57. The van der Waals surface area contributed by atoms with Crippen LogP contribution in [0.2, 0.25) is 0 Å². The lowest BCUT2D eigenvalue weighted by molar-refractivity contribution is -0.345. The third-order valence-electron chi connectivity index (χ3n) is 14.1. The molecule has 3 unspecified atom stereocenters. The monoisotopic (exact) mass is 887 g/mol. The number of cyclic esters (lactones) is 1. The molecule has 3 aliphatic carbocycles. The van der Waals surface area contributed by atoms with Crippen LogP contribution in [0.1, 0.15) is 92.4 Å². The number of nitrogens with one attached hydrogen (secondary N) is 1. The number of amides is 1. The van der Waals surface area contributed by atoms with Gasteiger partial charge in [0.05, 0.1) is 54.8 Å². The lowest BCUT2D eigenvalue weighted by Crippen LogP contribution is -2.82. The number of benzene rings is 1. The van der Waals surface area contributed by atoms with Gasteiger partial charge in [-0.3, -0.25) is 14.4 Å². The van der Waals surface area contributed by atoms with Gasteiger partial charge in [-0.2, -0.15) is 0 Å². The van der Waals surface area contributed by atoms with E-state index < -0.39 is 143 Å². The number of esters is 4. The molecule has 19 heteroatoms. The smallest absolute Gasteiger partial charge is 0.455 e. The first-order valence-electron chi connectivity index (χ1n) is 20.6. The standard InChI is InChI=1S/C44H57NO18/c1-21-26-27(58-22(2)47)31(49)42(10)24(48)17-25-43(20-57-25,63-37(54)56-11)29(42)32(60-33(50)23-15-13-12-14-16-23)44(55,40(26,7)8)18-41(21,9)61-34(51)28-30(39(5,6)35(52)59-28)45-36(53)62-38(3,4)19-46/h12-16,24-25,27-30,32,46,48,55H,17-20H2,1-11H3,(H,45,53)/t24?,25-,27-,28?,29?,30-,32+,41+,42-,43+,44-/m1/s1. The van der Waals surface area contributed by atoms with Gasteiger partial charge in [0.25, 0.3) is 0 Å². The van der Waals surface area contributed by atoms with Crippen LogP contribution < -0.4 is 5.32 Å². The summed E-state index contributed by atoms with van der Waals surface area (Å²) in [6.45, 7) is 13.1. The van der Waals surface area contributed by atoms with Gasteiger partial charge in [-0.15, -0.1) is 0 Å². The van der Waals surface area contributed by atoms with E-state index in [1.54, 1.807) is 18.2 Å². The molecule has 2 bridgehead atoms. The average Bonchev–Trinajstić information content (AvgIpc) is 3.42. The Bertz CT molecular complexity index is 2110. The van der Waals surface area contributed by atoms with Gasteiger partial charge in [0.1, 0.15) is 29.0 Å². The van der Waals surface area contributed by atoms with Gasteiger partial charge in [0, 0.05) is 25.2 Å². The molecule has 2 saturated heterocycles. The van der Waals surface area contributed by atoms with E-state index in [-0.39, 0.29) is 23.1 Å². The van der Waals surface area contributed by atoms with Crippen molar-refractivity contribution in [1.82, 2.24) is 5.32 Å². The number of aliphatic hydroxyl groups is 3. The number of carbonyl (C=O) groups is 7. The molecule has 0 spiro atoms. The van der Waals surface area contributed by atoms with Gasteiger partial charge in [-0.25, -0.2) is 19.2 Å². The van der Waals surface area contributed by atoms with Crippen molar-refractivity contribution in [3.63, 3.8) is 0 Å². The molecule has 5 aliphatic rings. The minimum atomic E-state index is -2.50. The molecular formula is C44H57NO18. The van der Waals surface area contributed by atoms with Crippen molar-refractivity contribution in [2.45, 2.75) is 141 Å². The van der Waals surface area contributed by atoms with Crippen molar-refractivity contribution in [2.24, 2.45) is 22.2 Å². The molecule has 346 valence electrons. The van der Waals surface area contributed by atoms with Crippen LogP contribution in [0.25, 0.3) is 0 Å². The first-order valence-corrected chi connectivity index (χ1v) is 20.6. The largest absolute Gasteiger partial charge is 0.508 e. The third-order valence-corrected chi connectivity index (χ3v) is 14.1. The summed E-state index contributed by atoms with van der Waals surface area (Å²) in [6.07, 6.45) is -11.6. The summed E-state index contributed by atoms with van der Waals surface area (Å²) >= 11 is 0. The maximum absolute atomic E-state index is 15.6. The van der Waals surface area contributed by atoms with E-state index in [1.807, 2.05) is 0 Å². The minimum Gasteiger partial charge on any atom is -0.455 e. The Morgan fingerprint density at radius 1 is 0.968 bits per heavy atom. The summed E-state index contributed by atoms with van der Waals surface area (Å²) in [5, 5.41) is 38.1. The summed E-state index contributed by atoms with van der Waals surface area (Å²) in [4.78, 5) is 97.1. The molecule has 11 atom stereocenters. The van der Waals surface area contributed by atoms with E-state index in [0.29, 0.717) is 0 Å². The average molecular weight is 888 g/mol. The highest BCUT2D eigenvalue weighted by atomic mass is 16.8. The van der Waals surface area contributed by atoms with Crippen LogP contribution >= 0.6 is 0 Å². The molecule has 63 heavy (non-hydrogen) atoms. The Morgan fingerprint density at radius 3 is 2.16 bits per heavy atom. The van der Waals surface area contributed by atoms with Crippen LogP contribution in [-0.4, -0.2) is 137 Å². The summed E-state index contributed by atoms with van der Waals surface area (Å²) in [6, 6.07) is 6.29. The molecule has 4 N–H and O–H groups in total. The zero-order valence-corrected chi connectivity index (χ0v) is 37.2. The highest BCUT2D eigenvalue weighted by Gasteiger charge is 2.79. The quantitative estimate of drug-likeness (QED) is 0.158. The second-order valence-electron chi connectivity index (χ2n) is 19.3. The number of fused-ring (bicyclic) bond motifs is 5. The van der Waals surface area contributed by atoms with E-state index >= 15 is 4.79 Å². The van der Waals surface area contributed by atoms with Crippen LogP contribution in [0.4, 0.5) is 9.59 Å². The highest BCUT2D eigenvalue weighted by molar-refractivity contribution is 5.96. The molecule has 2 aliphatic heterocycles. The summed E-state index contributed by atoms with van der Waals surface area (Å²) in [5.74, 6) is -6.63. The maximum atomic E-state index is 15.6. The van der Waals surface area contributed by atoms with E-state index in [4.69, 9.17) is 37.9 Å². The number of methoxy groups -OCH3 is 1. The molecule has 1 aromatic carbocycles. The summed E-state index contributed by atoms with van der Waals surface area (Å²) in [5.41, 5.74) is -13.2. The number of rotatable bonds is 9. The molecule has 2 saturated carbocycles. The number of hydrogen-bond donors (Lipinski definition) is 4. The van der Waals surface area contributed by atoms with Gasteiger partial charge >= 0.3 is 36.1 Å². The lowest BCUT2D eigenvalue weighted by atomic mass is 9.44. The van der Waals surface area contributed by atoms with Crippen molar-refractivity contribution < 1.29 is 86.8 Å². The molecule has 19 nitrogen and oxygen atoms in total. The van der Waals surface area contributed by atoms with Gasteiger partial charge in [0.15, 0.2) is 17.5 Å². The Labute approximate surface area is 364 Å². The Morgan fingerprint density at radius 2 is 1.60 bits per heavy atom. The molecular weight excluding hydrogens is 830 g/mol. The SMILES string of the molecule is COC(=O)O[C@@]12CO[C@@H]1CC(O)[C@@]1(C)C(=O)[C@H](OC(C)=O)C3=C(C)[C@@](C)(OC(=O)C4OC(=O)C(C)(C)[C@@H]4NC(=O)OC(C)(C)CO)C[C@@](O)([C@@H](OC(=O)c4ccccc4)C12)C3(C)C. The highest BCUT2D eigenvalue weighted by Crippen LogP contribution is 2.65. The van der Waals surface area contributed by atoms with Gasteiger partial charge in [-0.1, -0.05) is 32.0 Å². The molecule has 2 heterocycles. The number of alkyl carbamates (subject to hydrolysis) is 1. The Hall–Kier alpha value is -5.11. The van der Waals surface area contributed by atoms with Crippen LogP contribution in [0.3, 0.4) is 0 Å². The number of ether oxygens (including phenoxy) is 8. The van der Waals surface area contributed by atoms with Crippen LogP contribution in [-0.2, 0) is 57.1 Å². The molecule has 0 aromatic heterocycles. The van der Waals surface area contributed by atoms with Gasteiger partial charge < -0.3 is 58.5 Å². The predicted molar refractivity (Wildman–Crippen MR) is 213 cm³/mol. The van der Waals surface area contributed by atoms with E-state index in [0.717, 1.165) is 14.0 Å². The van der Waals surface area contributed by atoms with Crippen molar-refractivity contribution in [1.29, 1.82) is 0 Å². The van der Waals surface area contributed by atoms with E-state index in [1.165, 1.54) is 74.4 Å². The molecule has 6 rings (SSSR count). The molecule has 4 fully saturated rings. The van der Waals surface area contributed by atoms with Crippen molar-refractivity contribution in [3.8, 4) is 0 Å². The van der Waals surface area contributed by atoms with Crippen LogP contribution in [0.15, 0.2) is 41.5 Å². The number of carbonyl (C=O) groups excluding carboxylic acids is 7. The van der Waals surface area contributed by atoms with Crippen molar-refractivity contribution >= 4 is 41.9 Å². The summed E-state index contributed by atoms with van der Waals surface area (Å²) < 4.78 is 46.1. The fourth-order valence-corrected chi connectivity index (χ4v) is 10.2. The second kappa shape index (κ2) is 15.8. The molecule has 0 radical (unpaired) electrons. The minimum absolute atomic E-state index is 0.0227. The number of hydrogen-bond acceptors (Lipinski definition) is 18. The lowest BCUT2D eigenvalue weighted by Gasteiger charge is -2.67. The zero-order chi connectivity index (χ0) is 47.0. The molecule has 1 aromatic rings. The van der Waals surface area contributed by atoms with Gasteiger partial charge in [-0.05, 0) is 71.7 Å². The van der Waals surface area contributed by atoms with E-state index in [9.17, 15) is 44.1 Å². The van der Waals surface area contributed by atoms with Crippen molar-refractivity contribution in [2.75, 3.05) is 20.3 Å². The Kier molecular flexibility index (Phi) is 11.9. The number of ketones is 1. The maximum Gasteiger partial charge on any atom is 0.508 e. The number of aliphatic hydroxyl groups excluding tert-OH is 2. The van der Waals surface area contributed by atoms with E-state index in [2.05, 4.69) is 5.32 Å². The second-order valence-corrected chi connectivity index (χ2v) is 19.3. The summed E-state index contributed by atoms with van der Waals surface area (Å²) in [7, 11) is 1.05. The molecule has 1 amide bonds. The first-order chi connectivity index (χ1) is 29.1. The third kappa shape index (κ3) is 7.43. The zero-order valence-electron chi connectivity index (χ0n) is 37.2.